The molecule has 3 aromatic carbocycles. The molecule has 4 rings (SSSR count). The Balaban J connectivity index is 1.68. The second-order valence-electron chi connectivity index (χ2n) is 6.01. The van der Waals surface area contributed by atoms with Crippen LogP contribution in [0.2, 0.25) is 5.02 Å². The fourth-order valence-corrected chi connectivity index (χ4v) is 3.28. The van der Waals surface area contributed by atoms with Crippen LogP contribution in [-0.2, 0) is 0 Å². The predicted molar refractivity (Wildman–Crippen MR) is 109 cm³/mol. The Labute approximate surface area is 176 Å². The summed E-state index contributed by atoms with van der Waals surface area (Å²) in [5.41, 5.74) is 1.14. The molecule has 29 heavy (non-hydrogen) atoms. The monoisotopic (exact) mass is 477 g/mol. The third-order valence-electron chi connectivity index (χ3n) is 4.08. The average Bonchev–Trinajstić information content (AvgIpc) is 3.11. The number of carbonyl (C=O) groups is 1. The number of hydrogen-bond acceptors (Lipinski definition) is 4. The Morgan fingerprint density at radius 1 is 1.14 bits per heavy atom. The van der Waals surface area contributed by atoms with Crippen LogP contribution in [0.1, 0.15) is 10.4 Å². The van der Waals surface area contributed by atoms with Crippen molar-refractivity contribution in [3.63, 3.8) is 0 Å². The van der Waals surface area contributed by atoms with Gasteiger partial charge in [-0.15, -0.1) is 5.10 Å². The third-order valence-corrected chi connectivity index (χ3v) is 5.15. The van der Waals surface area contributed by atoms with Crippen LogP contribution >= 0.6 is 27.5 Å². The summed E-state index contributed by atoms with van der Waals surface area (Å²) in [7, 11) is 0. The van der Waals surface area contributed by atoms with E-state index in [0.717, 1.165) is 4.85 Å². The van der Waals surface area contributed by atoms with Gasteiger partial charge in [-0.2, -0.15) is 0 Å². The fourth-order valence-electron chi connectivity index (χ4n) is 2.70. The standard InChI is InChI=1S/C20H11BrClF2N3O2/c21-17-16(26-13-6-7-15(23)14(22)9-13)8-12-10-25-27(19(12)18(17)24)29-20(28)11-4-2-1-3-5-11/h1-10,26H. The molecular formula is C20H11BrClF2N3O2. The molecular weight excluding hydrogens is 468 g/mol. The molecule has 146 valence electrons. The first-order valence-electron chi connectivity index (χ1n) is 8.29. The quantitative estimate of drug-likeness (QED) is 0.406. The van der Waals surface area contributed by atoms with E-state index in [1.807, 2.05) is 0 Å². The average molecular weight is 479 g/mol. The lowest BCUT2D eigenvalue weighted by Crippen LogP contribution is -2.21. The van der Waals surface area contributed by atoms with Crippen LogP contribution in [-0.4, -0.2) is 15.9 Å². The zero-order valence-corrected chi connectivity index (χ0v) is 16.8. The second-order valence-corrected chi connectivity index (χ2v) is 7.21. The van der Waals surface area contributed by atoms with Crippen LogP contribution in [0, 0.1) is 11.6 Å². The smallest absolute Gasteiger partial charge is 0.354 e. The molecule has 0 spiro atoms. The van der Waals surface area contributed by atoms with Crippen LogP contribution in [0.25, 0.3) is 10.9 Å². The van der Waals surface area contributed by atoms with E-state index in [2.05, 4.69) is 26.3 Å². The lowest BCUT2D eigenvalue weighted by molar-refractivity contribution is 0.0417. The Bertz CT molecular complexity index is 1230. The lowest BCUT2D eigenvalue weighted by Gasteiger charge is -2.11. The molecule has 1 heterocycles. The highest BCUT2D eigenvalue weighted by Gasteiger charge is 2.19. The molecule has 0 aliphatic heterocycles. The number of nitrogens with zero attached hydrogens (tertiary/aromatic N) is 2. The number of halogens is 4. The van der Waals surface area contributed by atoms with Gasteiger partial charge in [-0.05, 0) is 52.3 Å². The zero-order chi connectivity index (χ0) is 20.5. The Morgan fingerprint density at radius 3 is 2.62 bits per heavy atom. The maximum absolute atomic E-state index is 15.0. The van der Waals surface area contributed by atoms with Gasteiger partial charge in [0.1, 0.15) is 11.3 Å². The minimum Gasteiger partial charge on any atom is -0.354 e. The van der Waals surface area contributed by atoms with Crippen molar-refractivity contribution >= 4 is 55.8 Å². The highest BCUT2D eigenvalue weighted by Crippen LogP contribution is 2.34. The van der Waals surface area contributed by atoms with Gasteiger partial charge in [0.2, 0.25) is 0 Å². The highest BCUT2D eigenvalue weighted by molar-refractivity contribution is 9.10. The maximum Gasteiger partial charge on any atom is 0.365 e. The van der Waals surface area contributed by atoms with Gasteiger partial charge < -0.3 is 10.2 Å². The molecule has 0 atom stereocenters. The van der Waals surface area contributed by atoms with E-state index in [4.69, 9.17) is 16.4 Å². The number of anilines is 2. The Hall–Kier alpha value is -2.97. The van der Waals surface area contributed by atoms with Crippen molar-refractivity contribution in [3.8, 4) is 0 Å². The molecule has 9 heteroatoms. The summed E-state index contributed by atoms with van der Waals surface area (Å²) < 4.78 is 28.4. The molecule has 1 aromatic heterocycles. The molecule has 0 bridgehead atoms. The van der Waals surface area contributed by atoms with Gasteiger partial charge in [0.05, 0.1) is 26.9 Å². The van der Waals surface area contributed by atoms with Crippen molar-refractivity contribution < 1.29 is 18.4 Å². The van der Waals surface area contributed by atoms with Gasteiger partial charge in [-0.1, -0.05) is 34.6 Å². The summed E-state index contributed by atoms with van der Waals surface area (Å²) in [6.07, 6.45) is 1.37. The van der Waals surface area contributed by atoms with Crippen LogP contribution < -0.4 is 10.2 Å². The molecule has 4 aromatic rings. The van der Waals surface area contributed by atoms with Gasteiger partial charge in [0, 0.05) is 11.1 Å². The van der Waals surface area contributed by atoms with Crippen molar-refractivity contribution in [3.05, 3.63) is 87.5 Å². The van der Waals surface area contributed by atoms with Crippen molar-refractivity contribution in [1.29, 1.82) is 0 Å². The summed E-state index contributed by atoms with van der Waals surface area (Å²) >= 11 is 8.98. The minimum absolute atomic E-state index is 0.0103. The molecule has 0 saturated heterocycles. The molecule has 0 amide bonds. The van der Waals surface area contributed by atoms with Crippen LogP contribution in [0.4, 0.5) is 20.2 Å². The number of benzene rings is 3. The molecule has 0 unspecified atom stereocenters. The van der Waals surface area contributed by atoms with Gasteiger partial charge in [0.15, 0.2) is 5.82 Å². The van der Waals surface area contributed by atoms with E-state index in [1.165, 1.54) is 24.4 Å². The molecule has 0 saturated carbocycles. The van der Waals surface area contributed by atoms with E-state index in [9.17, 15) is 9.18 Å². The van der Waals surface area contributed by atoms with E-state index in [-0.39, 0.29) is 15.0 Å². The number of fused-ring (bicyclic) bond motifs is 1. The van der Waals surface area contributed by atoms with Crippen molar-refractivity contribution in [2.24, 2.45) is 0 Å². The highest BCUT2D eigenvalue weighted by atomic mass is 79.9. The summed E-state index contributed by atoms with van der Waals surface area (Å²) in [6.45, 7) is 0. The van der Waals surface area contributed by atoms with Crippen molar-refractivity contribution in [2.75, 3.05) is 5.32 Å². The summed E-state index contributed by atoms with van der Waals surface area (Å²) in [4.78, 5) is 18.3. The molecule has 5 nitrogen and oxygen atoms in total. The van der Waals surface area contributed by atoms with E-state index < -0.39 is 17.6 Å². The number of carbonyl (C=O) groups excluding carboxylic acids is 1. The SMILES string of the molecule is O=C(On1ncc2cc(Nc3ccc(F)c(Cl)c3)c(Br)c(F)c21)c1ccccc1. The number of hydrogen-bond donors (Lipinski definition) is 1. The van der Waals surface area contributed by atoms with Gasteiger partial charge in [0.25, 0.3) is 0 Å². The van der Waals surface area contributed by atoms with Crippen molar-refractivity contribution in [2.45, 2.75) is 0 Å². The Kier molecular flexibility index (Phi) is 5.21. The van der Waals surface area contributed by atoms with Gasteiger partial charge in [-0.3, -0.25) is 0 Å². The van der Waals surface area contributed by atoms with Crippen LogP contribution in [0.5, 0.6) is 0 Å². The topological polar surface area (TPSA) is 56.2 Å². The largest absolute Gasteiger partial charge is 0.365 e. The summed E-state index contributed by atoms with van der Waals surface area (Å²) in [6, 6.07) is 14.0. The van der Waals surface area contributed by atoms with Gasteiger partial charge >= 0.3 is 5.97 Å². The fraction of sp³-hybridized carbons (Fsp3) is 0. The lowest BCUT2D eigenvalue weighted by atomic mass is 10.2. The van der Waals surface area contributed by atoms with Crippen molar-refractivity contribution in [1.82, 2.24) is 9.94 Å². The Morgan fingerprint density at radius 2 is 1.90 bits per heavy atom. The van der Waals surface area contributed by atoms with Crippen LogP contribution in [0.15, 0.2) is 65.3 Å². The predicted octanol–water partition coefficient (Wildman–Crippen LogP) is 5.74. The molecule has 0 aliphatic rings. The van der Waals surface area contributed by atoms with Gasteiger partial charge in [-0.25, -0.2) is 13.6 Å². The van der Waals surface area contributed by atoms with E-state index in [1.54, 1.807) is 36.4 Å². The number of nitrogens with one attached hydrogen (secondary N) is 1. The zero-order valence-electron chi connectivity index (χ0n) is 14.5. The molecule has 1 N–H and O–H groups in total. The third kappa shape index (κ3) is 3.81. The second kappa shape index (κ2) is 7.81. The first-order chi connectivity index (χ1) is 13.9. The minimum atomic E-state index is -0.684. The maximum atomic E-state index is 15.0. The molecule has 0 aliphatic carbocycles. The molecule has 0 radical (unpaired) electrons. The summed E-state index contributed by atoms with van der Waals surface area (Å²) in [5.74, 6) is -1.91. The first kappa shape index (κ1) is 19.4. The normalized spacial score (nSPS) is 10.9. The first-order valence-corrected chi connectivity index (χ1v) is 9.46. The number of rotatable bonds is 4. The number of aromatic nitrogens is 2. The molecule has 0 fully saturated rings. The van der Waals surface area contributed by atoms with Crippen LogP contribution in [0.3, 0.4) is 0 Å². The van der Waals surface area contributed by atoms with E-state index >= 15 is 4.39 Å². The summed E-state index contributed by atoms with van der Waals surface area (Å²) in [5, 5.41) is 7.25. The van der Waals surface area contributed by atoms with E-state index in [0.29, 0.717) is 22.3 Å².